The molecule has 0 spiro atoms. The van der Waals surface area contributed by atoms with Crippen LogP contribution in [0.2, 0.25) is 5.02 Å². The average Bonchev–Trinajstić information content (AvgIpc) is 2.71. The fourth-order valence-electron chi connectivity index (χ4n) is 3.88. The first-order chi connectivity index (χ1) is 14.8. The zero-order chi connectivity index (χ0) is 22.4. The van der Waals surface area contributed by atoms with Crippen LogP contribution in [0, 0.1) is 13.8 Å². The maximum Gasteiger partial charge on any atom is 0.238 e. The number of amides is 2. The molecule has 6 nitrogen and oxygen atoms in total. The number of nitrogens with zero attached hydrogens (tertiary/aromatic N) is 3. The Morgan fingerprint density at radius 1 is 1.03 bits per heavy atom. The van der Waals surface area contributed by atoms with Crippen molar-refractivity contribution in [1.29, 1.82) is 0 Å². The van der Waals surface area contributed by atoms with Gasteiger partial charge in [-0.25, -0.2) is 0 Å². The summed E-state index contributed by atoms with van der Waals surface area (Å²) in [6.45, 7) is 8.04. The van der Waals surface area contributed by atoms with Crippen LogP contribution in [0.5, 0.6) is 0 Å². The summed E-state index contributed by atoms with van der Waals surface area (Å²) in [6.07, 6.45) is 0. The van der Waals surface area contributed by atoms with E-state index in [0.717, 1.165) is 22.4 Å². The molecule has 0 aromatic heterocycles. The highest BCUT2D eigenvalue weighted by Gasteiger charge is 2.23. The van der Waals surface area contributed by atoms with Crippen LogP contribution in [-0.2, 0) is 16.1 Å². The Morgan fingerprint density at radius 2 is 1.68 bits per heavy atom. The van der Waals surface area contributed by atoms with Crippen LogP contribution in [0.15, 0.2) is 42.5 Å². The number of nitrogens with one attached hydrogen (secondary N) is 1. The lowest BCUT2D eigenvalue weighted by atomic mass is 10.1. The average molecular weight is 443 g/mol. The standard InChI is InChI=1S/C24H31ClN4O2/c1-18-6-4-7-19(2)24(18)26-22(30)16-28-10-12-29(13-11-28)23(31)17-27(3)15-20-8-5-9-21(25)14-20/h4-9,14H,10-13,15-17H2,1-3H3,(H,26,30). The largest absolute Gasteiger partial charge is 0.339 e. The highest BCUT2D eigenvalue weighted by atomic mass is 35.5. The molecular formula is C24H31ClN4O2. The molecule has 2 aromatic rings. The molecule has 1 fully saturated rings. The first-order valence-electron chi connectivity index (χ1n) is 10.6. The molecule has 1 heterocycles. The molecule has 0 aliphatic carbocycles. The van der Waals surface area contributed by atoms with E-state index in [1.54, 1.807) is 0 Å². The van der Waals surface area contributed by atoms with Crippen LogP contribution in [0.3, 0.4) is 0 Å². The summed E-state index contributed by atoms with van der Waals surface area (Å²) in [7, 11) is 1.94. The fraction of sp³-hybridized carbons (Fsp3) is 0.417. The summed E-state index contributed by atoms with van der Waals surface area (Å²) in [4.78, 5) is 31.1. The number of halogens is 1. The third kappa shape index (κ3) is 6.79. The number of para-hydroxylation sites is 1. The summed E-state index contributed by atoms with van der Waals surface area (Å²) in [6, 6.07) is 13.7. The first-order valence-corrected chi connectivity index (χ1v) is 11.0. The molecule has 1 aliphatic rings. The normalized spacial score (nSPS) is 14.7. The van der Waals surface area contributed by atoms with E-state index in [2.05, 4.69) is 10.2 Å². The molecule has 1 N–H and O–H groups in total. The van der Waals surface area contributed by atoms with E-state index in [1.165, 1.54) is 0 Å². The zero-order valence-electron chi connectivity index (χ0n) is 18.5. The number of hydrogen-bond acceptors (Lipinski definition) is 4. The van der Waals surface area contributed by atoms with Gasteiger partial charge < -0.3 is 10.2 Å². The van der Waals surface area contributed by atoms with Gasteiger partial charge in [0, 0.05) is 43.4 Å². The number of benzene rings is 2. The van der Waals surface area contributed by atoms with Crippen molar-refractivity contribution in [3.63, 3.8) is 0 Å². The smallest absolute Gasteiger partial charge is 0.238 e. The molecule has 7 heteroatoms. The molecule has 166 valence electrons. The molecule has 0 saturated carbocycles. The summed E-state index contributed by atoms with van der Waals surface area (Å²) >= 11 is 6.04. The van der Waals surface area contributed by atoms with E-state index in [9.17, 15) is 9.59 Å². The van der Waals surface area contributed by atoms with Gasteiger partial charge in [-0.2, -0.15) is 0 Å². The predicted molar refractivity (Wildman–Crippen MR) is 125 cm³/mol. The Hall–Kier alpha value is -2.41. The summed E-state index contributed by atoms with van der Waals surface area (Å²) in [5.74, 6) is 0.0996. The molecule has 3 rings (SSSR count). The molecule has 2 amide bonds. The lowest BCUT2D eigenvalue weighted by Crippen LogP contribution is -2.52. The third-order valence-corrected chi connectivity index (χ3v) is 5.82. The van der Waals surface area contributed by atoms with Crippen molar-refractivity contribution < 1.29 is 9.59 Å². The van der Waals surface area contributed by atoms with Gasteiger partial charge in [0.25, 0.3) is 0 Å². The highest BCUT2D eigenvalue weighted by Crippen LogP contribution is 2.19. The number of anilines is 1. The van der Waals surface area contributed by atoms with E-state index in [-0.39, 0.29) is 11.8 Å². The molecular weight excluding hydrogens is 412 g/mol. The van der Waals surface area contributed by atoms with Gasteiger partial charge in [0.05, 0.1) is 13.1 Å². The molecule has 0 unspecified atom stereocenters. The lowest BCUT2D eigenvalue weighted by molar-refractivity contribution is -0.134. The van der Waals surface area contributed by atoms with Gasteiger partial charge in [-0.1, -0.05) is 41.9 Å². The Labute approximate surface area is 189 Å². The molecule has 1 aliphatic heterocycles. The van der Waals surface area contributed by atoms with Crippen molar-refractivity contribution in [2.24, 2.45) is 0 Å². The van der Waals surface area contributed by atoms with Gasteiger partial charge in [-0.15, -0.1) is 0 Å². The second-order valence-electron chi connectivity index (χ2n) is 8.27. The zero-order valence-corrected chi connectivity index (χ0v) is 19.3. The minimum atomic E-state index is -0.0153. The Morgan fingerprint density at radius 3 is 2.32 bits per heavy atom. The van der Waals surface area contributed by atoms with Crippen LogP contribution in [0.25, 0.3) is 0 Å². The molecule has 0 atom stereocenters. The van der Waals surface area contributed by atoms with Crippen LogP contribution < -0.4 is 5.32 Å². The summed E-state index contributed by atoms with van der Waals surface area (Å²) in [5, 5.41) is 3.74. The van der Waals surface area contributed by atoms with Gasteiger partial charge in [-0.3, -0.25) is 19.4 Å². The Balaban J connectivity index is 1.42. The number of carbonyl (C=O) groups excluding carboxylic acids is 2. The van der Waals surface area contributed by atoms with E-state index >= 15 is 0 Å². The van der Waals surface area contributed by atoms with Gasteiger partial charge in [0.2, 0.25) is 11.8 Å². The van der Waals surface area contributed by atoms with Crippen LogP contribution >= 0.6 is 11.6 Å². The fourth-order valence-corrected chi connectivity index (χ4v) is 4.10. The maximum atomic E-state index is 12.7. The number of piperazine rings is 1. The van der Waals surface area contributed by atoms with Crippen molar-refractivity contribution in [3.05, 3.63) is 64.2 Å². The van der Waals surface area contributed by atoms with Crippen LogP contribution in [0.4, 0.5) is 5.69 Å². The topological polar surface area (TPSA) is 55.9 Å². The second kappa shape index (κ2) is 10.8. The number of likely N-dealkylation sites (N-methyl/N-ethyl adjacent to an activating group) is 1. The van der Waals surface area contributed by atoms with Gasteiger partial charge in [0.1, 0.15) is 0 Å². The minimum absolute atomic E-state index is 0.0153. The van der Waals surface area contributed by atoms with Crippen LogP contribution in [0.1, 0.15) is 16.7 Å². The quantitative estimate of drug-likeness (QED) is 0.715. The Kier molecular flexibility index (Phi) is 8.07. The van der Waals surface area contributed by atoms with Crippen molar-refractivity contribution in [1.82, 2.24) is 14.7 Å². The third-order valence-electron chi connectivity index (χ3n) is 5.58. The molecule has 1 saturated heterocycles. The van der Waals surface area contributed by atoms with E-state index in [0.29, 0.717) is 50.8 Å². The second-order valence-corrected chi connectivity index (χ2v) is 8.71. The number of aryl methyl sites for hydroxylation is 2. The van der Waals surface area contributed by atoms with E-state index < -0.39 is 0 Å². The van der Waals surface area contributed by atoms with Crippen molar-refractivity contribution in [3.8, 4) is 0 Å². The highest BCUT2D eigenvalue weighted by molar-refractivity contribution is 6.30. The number of hydrogen-bond donors (Lipinski definition) is 1. The van der Waals surface area contributed by atoms with Gasteiger partial charge >= 0.3 is 0 Å². The van der Waals surface area contributed by atoms with Crippen LogP contribution in [-0.4, -0.2) is 72.8 Å². The molecule has 0 radical (unpaired) electrons. The minimum Gasteiger partial charge on any atom is -0.339 e. The summed E-state index contributed by atoms with van der Waals surface area (Å²) < 4.78 is 0. The molecule has 31 heavy (non-hydrogen) atoms. The van der Waals surface area contributed by atoms with Crippen molar-refractivity contribution in [2.75, 3.05) is 51.6 Å². The van der Waals surface area contributed by atoms with Gasteiger partial charge in [-0.05, 0) is 49.7 Å². The summed E-state index contributed by atoms with van der Waals surface area (Å²) in [5.41, 5.74) is 4.10. The SMILES string of the molecule is Cc1cccc(C)c1NC(=O)CN1CCN(C(=O)CN(C)Cc2cccc(Cl)c2)CC1. The lowest BCUT2D eigenvalue weighted by Gasteiger charge is -2.35. The maximum absolute atomic E-state index is 12.7. The van der Waals surface area contributed by atoms with E-state index in [4.69, 9.17) is 11.6 Å². The number of rotatable bonds is 7. The predicted octanol–water partition coefficient (Wildman–Crippen LogP) is 3.17. The van der Waals surface area contributed by atoms with Gasteiger partial charge in [0.15, 0.2) is 0 Å². The Bertz CT molecular complexity index is 905. The van der Waals surface area contributed by atoms with Crippen molar-refractivity contribution >= 4 is 29.1 Å². The van der Waals surface area contributed by atoms with Crippen molar-refractivity contribution in [2.45, 2.75) is 20.4 Å². The first kappa shape index (κ1) is 23.3. The molecule has 2 aromatic carbocycles. The van der Waals surface area contributed by atoms with E-state index in [1.807, 2.05) is 73.2 Å². The molecule has 0 bridgehead atoms. The monoisotopic (exact) mass is 442 g/mol. The number of carbonyl (C=O) groups is 2.